The Morgan fingerprint density at radius 3 is 2.64 bits per heavy atom. The molecule has 1 atom stereocenters. The number of amides is 1. The lowest BCUT2D eigenvalue weighted by molar-refractivity contribution is -0.383. The molecule has 0 saturated carbocycles. The quantitative estimate of drug-likeness (QED) is 0.363. The minimum atomic E-state index is -1.13. The van der Waals surface area contributed by atoms with Gasteiger partial charge in [0.15, 0.2) is 0 Å². The van der Waals surface area contributed by atoms with Crippen molar-refractivity contribution >= 4 is 23.3 Å². The Morgan fingerprint density at radius 2 is 2.05 bits per heavy atom. The Labute approximate surface area is 127 Å². The first kappa shape index (κ1) is 17.6. The number of carboxylic acids is 1. The molecule has 0 heterocycles. The summed E-state index contributed by atoms with van der Waals surface area (Å²) in [5.41, 5.74) is -0.183. The van der Waals surface area contributed by atoms with E-state index in [1.807, 2.05) is 6.92 Å². The summed E-state index contributed by atoms with van der Waals surface area (Å²) in [6.45, 7) is 2.46. The van der Waals surface area contributed by atoms with Crippen LogP contribution >= 0.6 is 0 Å². The van der Waals surface area contributed by atoms with Gasteiger partial charge in [0.05, 0.1) is 11.3 Å². The molecule has 1 rings (SSSR count). The number of para-hydroxylation sites is 2. The van der Waals surface area contributed by atoms with Crippen molar-refractivity contribution in [2.24, 2.45) is 0 Å². The van der Waals surface area contributed by atoms with Crippen LogP contribution in [0.5, 0.6) is 0 Å². The van der Waals surface area contributed by atoms with E-state index >= 15 is 0 Å². The molecule has 0 bridgehead atoms. The molecular weight excluding hydrogens is 290 g/mol. The molecular formula is C14H19N3O5. The maximum Gasteiger partial charge on any atom is 0.321 e. The molecule has 0 saturated heterocycles. The summed E-state index contributed by atoms with van der Waals surface area (Å²) in [4.78, 5) is 33.3. The minimum absolute atomic E-state index is 0.0511. The SMILES string of the molecule is CCCCN[C@@H](CC(=O)Nc1ccccc1[N+](=O)[O-])C(=O)O. The number of nitrogens with zero attached hydrogens (tertiary/aromatic N) is 1. The van der Waals surface area contributed by atoms with Crippen LogP contribution in [0.1, 0.15) is 26.2 Å². The number of carbonyl (C=O) groups excluding carboxylic acids is 1. The molecule has 0 unspecified atom stereocenters. The second-order valence-corrected chi connectivity index (χ2v) is 4.73. The second kappa shape index (κ2) is 8.73. The highest BCUT2D eigenvalue weighted by Gasteiger charge is 2.22. The number of hydrogen-bond acceptors (Lipinski definition) is 5. The number of nitrogens with one attached hydrogen (secondary N) is 2. The molecule has 0 aliphatic carbocycles. The normalized spacial score (nSPS) is 11.7. The first-order valence-corrected chi connectivity index (χ1v) is 6.95. The monoisotopic (exact) mass is 309 g/mol. The number of carboxylic acid groups (broad SMARTS) is 1. The molecule has 3 N–H and O–H groups in total. The number of benzene rings is 1. The van der Waals surface area contributed by atoms with E-state index < -0.39 is 22.8 Å². The molecule has 0 fully saturated rings. The maximum absolute atomic E-state index is 11.9. The Morgan fingerprint density at radius 1 is 1.36 bits per heavy atom. The van der Waals surface area contributed by atoms with Gasteiger partial charge in [-0.15, -0.1) is 0 Å². The third-order valence-electron chi connectivity index (χ3n) is 2.98. The Hall–Kier alpha value is -2.48. The van der Waals surface area contributed by atoms with Gasteiger partial charge < -0.3 is 15.7 Å². The first-order valence-electron chi connectivity index (χ1n) is 6.95. The number of nitro groups is 1. The van der Waals surface area contributed by atoms with Crippen LogP contribution in [0, 0.1) is 10.1 Å². The Bertz CT molecular complexity index is 547. The van der Waals surface area contributed by atoms with Crippen LogP contribution in [0.2, 0.25) is 0 Å². The lowest BCUT2D eigenvalue weighted by Gasteiger charge is -2.14. The average molecular weight is 309 g/mol. The summed E-state index contributed by atoms with van der Waals surface area (Å²) in [6, 6.07) is 4.69. The van der Waals surface area contributed by atoms with Gasteiger partial charge in [-0.25, -0.2) is 0 Å². The van der Waals surface area contributed by atoms with Crippen LogP contribution in [0.3, 0.4) is 0 Å². The van der Waals surface area contributed by atoms with E-state index in [-0.39, 0.29) is 17.8 Å². The van der Waals surface area contributed by atoms with Crippen molar-refractivity contribution in [3.05, 3.63) is 34.4 Å². The third-order valence-corrected chi connectivity index (χ3v) is 2.98. The highest BCUT2D eigenvalue weighted by Crippen LogP contribution is 2.23. The number of carbonyl (C=O) groups is 2. The van der Waals surface area contributed by atoms with Gasteiger partial charge in [0.1, 0.15) is 11.7 Å². The van der Waals surface area contributed by atoms with Gasteiger partial charge in [0, 0.05) is 6.07 Å². The van der Waals surface area contributed by atoms with Gasteiger partial charge in [-0.05, 0) is 19.0 Å². The van der Waals surface area contributed by atoms with Crippen molar-refractivity contribution in [2.45, 2.75) is 32.2 Å². The lowest BCUT2D eigenvalue weighted by Crippen LogP contribution is -2.40. The smallest absolute Gasteiger partial charge is 0.321 e. The number of unbranched alkanes of at least 4 members (excludes halogenated alkanes) is 1. The molecule has 8 nitrogen and oxygen atoms in total. The largest absolute Gasteiger partial charge is 0.480 e. The number of rotatable bonds is 9. The van der Waals surface area contributed by atoms with Crippen LogP contribution in [0.4, 0.5) is 11.4 Å². The summed E-state index contributed by atoms with van der Waals surface area (Å²) in [5, 5.41) is 25.1. The minimum Gasteiger partial charge on any atom is -0.480 e. The van der Waals surface area contributed by atoms with E-state index in [1.54, 1.807) is 6.07 Å². The van der Waals surface area contributed by atoms with Gasteiger partial charge in [0.2, 0.25) is 5.91 Å². The molecule has 0 aromatic heterocycles. The van der Waals surface area contributed by atoms with E-state index in [9.17, 15) is 19.7 Å². The summed E-state index contributed by atoms with van der Waals surface area (Å²) >= 11 is 0. The number of anilines is 1. The first-order chi connectivity index (χ1) is 10.5. The van der Waals surface area contributed by atoms with Crippen LogP contribution in [0.15, 0.2) is 24.3 Å². The van der Waals surface area contributed by atoms with Gasteiger partial charge >= 0.3 is 5.97 Å². The summed E-state index contributed by atoms with van der Waals surface area (Å²) in [7, 11) is 0. The molecule has 0 aliphatic rings. The van der Waals surface area contributed by atoms with Gasteiger partial charge in [-0.3, -0.25) is 19.7 Å². The maximum atomic E-state index is 11.9. The topological polar surface area (TPSA) is 122 Å². The van der Waals surface area contributed by atoms with E-state index in [0.717, 1.165) is 12.8 Å². The Kier molecular flexibility index (Phi) is 6.97. The molecule has 0 aliphatic heterocycles. The molecule has 120 valence electrons. The van der Waals surface area contributed by atoms with E-state index in [2.05, 4.69) is 10.6 Å². The van der Waals surface area contributed by atoms with Crippen LogP contribution in [-0.2, 0) is 9.59 Å². The molecule has 1 aromatic carbocycles. The third kappa shape index (κ3) is 5.49. The standard InChI is InChI=1S/C14H19N3O5/c1-2-3-8-15-11(14(19)20)9-13(18)16-10-6-4-5-7-12(10)17(21)22/h4-7,11,15H,2-3,8-9H2,1H3,(H,16,18)(H,19,20)/t11-/m0/s1. The molecule has 1 aromatic rings. The van der Waals surface area contributed by atoms with Crippen molar-refractivity contribution in [3.63, 3.8) is 0 Å². The zero-order chi connectivity index (χ0) is 16.5. The predicted molar refractivity (Wildman–Crippen MR) is 80.7 cm³/mol. The average Bonchev–Trinajstić information content (AvgIpc) is 2.46. The fourth-order valence-electron chi connectivity index (χ4n) is 1.83. The predicted octanol–water partition coefficient (Wildman–Crippen LogP) is 1.77. The lowest BCUT2D eigenvalue weighted by atomic mass is 10.1. The van der Waals surface area contributed by atoms with Crippen molar-refractivity contribution < 1.29 is 19.6 Å². The highest BCUT2D eigenvalue weighted by atomic mass is 16.6. The molecule has 22 heavy (non-hydrogen) atoms. The molecule has 1 amide bonds. The van der Waals surface area contributed by atoms with Crippen molar-refractivity contribution in [1.82, 2.24) is 5.32 Å². The van der Waals surface area contributed by atoms with Gasteiger partial charge in [-0.2, -0.15) is 0 Å². The Balaban J connectivity index is 2.68. The molecule has 0 spiro atoms. The van der Waals surface area contributed by atoms with Gasteiger partial charge in [0.25, 0.3) is 5.69 Å². The van der Waals surface area contributed by atoms with E-state index in [0.29, 0.717) is 6.54 Å². The van der Waals surface area contributed by atoms with Crippen molar-refractivity contribution in [3.8, 4) is 0 Å². The van der Waals surface area contributed by atoms with E-state index in [4.69, 9.17) is 5.11 Å². The fraction of sp³-hybridized carbons (Fsp3) is 0.429. The van der Waals surface area contributed by atoms with Crippen LogP contribution in [0.25, 0.3) is 0 Å². The van der Waals surface area contributed by atoms with E-state index in [1.165, 1.54) is 18.2 Å². The fourth-order valence-corrected chi connectivity index (χ4v) is 1.83. The number of nitro benzene ring substituents is 1. The summed E-state index contributed by atoms with van der Waals surface area (Å²) in [6.07, 6.45) is 1.41. The van der Waals surface area contributed by atoms with Gasteiger partial charge in [-0.1, -0.05) is 25.5 Å². The van der Waals surface area contributed by atoms with Crippen LogP contribution in [-0.4, -0.2) is 34.5 Å². The molecule has 0 radical (unpaired) electrons. The number of aliphatic carboxylic acids is 1. The zero-order valence-electron chi connectivity index (χ0n) is 12.2. The van der Waals surface area contributed by atoms with Crippen molar-refractivity contribution in [2.75, 3.05) is 11.9 Å². The highest BCUT2D eigenvalue weighted by molar-refractivity contribution is 5.95. The summed E-state index contributed by atoms with van der Waals surface area (Å²) in [5.74, 6) is -1.72. The zero-order valence-corrected chi connectivity index (χ0v) is 12.2. The number of hydrogen-bond donors (Lipinski definition) is 3. The van der Waals surface area contributed by atoms with Crippen molar-refractivity contribution in [1.29, 1.82) is 0 Å². The summed E-state index contributed by atoms with van der Waals surface area (Å²) < 4.78 is 0. The molecule has 8 heteroatoms. The van der Waals surface area contributed by atoms with Crippen LogP contribution < -0.4 is 10.6 Å². The second-order valence-electron chi connectivity index (χ2n) is 4.73.